The van der Waals surface area contributed by atoms with Gasteiger partial charge in [0.15, 0.2) is 5.78 Å². The van der Waals surface area contributed by atoms with E-state index in [0.717, 1.165) is 5.56 Å². The van der Waals surface area contributed by atoms with E-state index in [4.69, 9.17) is 0 Å². The van der Waals surface area contributed by atoms with E-state index in [-0.39, 0.29) is 25.3 Å². The molecule has 1 aromatic carbocycles. The van der Waals surface area contributed by atoms with Gasteiger partial charge in [0.2, 0.25) is 6.04 Å². The molecular weight excluding hydrogens is 262 g/mol. The Morgan fingerprint density at radius 1 is 1.35 bits per heavy atom. The van der Waals surface area contributed by atoms with Gasteiger partial charge in [-0.15, -0.1) is 0 Å². The summed E-state index contributed by atoms with van der Waals surface area (Å²) in [4.78, 5) is 35.1. The first-order chi connectivity index (χ1) is 9.49. The van der Waals surface area contributed by atoms with Crippen LogP contribution in [0.5, 0.6) is 0 Å². The highest BCUT2D eigenvalue weighted by molar-refractivity contribution is 5.91. The molecule has 0 aromatic heterocycles. The molecule has 106 valence electrons. The SMILES string of the molecule is COC(=O)[C@@H]1CC(=O)C[N+]1(Cc1ccccc1)C(=O)[O-]. The molecule has 1 amide bonds. The number of likely N-dealkylation sites (tertiary alicyclic amines) is 1. The summed E-state index contributed by atoms with van der Waals surface area (Å²) in [6, 6.07) is 7.80. The molecule has 2 atom stereocenters. The zero-order chi connectivity index (χ0) is 14.8. The van der Waals surface area contributed by atoms with Crippen LogP contribution in [-0.4, -0.2) is 42.0 Å². The van der Waals surface area contributed by atoms with Gasteiger partial charge in [0, 0.05) is 5.56 Å². The van der Waals surface area contributed by atoms with Crippen LogP contribution in [0.15, 0.2) is 30.3 Å². The third-order valence-electron chi connectivity index (χ3n) is 3.62. The van der Waals surface area contributed by atoms with Crippen molar-refractivity contribution in [3.05, 3.63) is 35.9 Å². The van der Waals surface area contributed by atoms with Gasteiger partial charge >= 0.3 is 5.97 Å². The van der Waals surface area contributed by atoms with Gasteiger partial charge in [-0.05, 0) is 0 Å². The van der Waals surface area contributed by atoms with Gasteiger partial charge in [0.05, 0.1) is 13.5 Å². The highest BCUT2D eigenvalue weighted by atomic mass is 16.5. The van der Waals surface area contributed by atoms with Gasteiger partial charge in [-0.1, -0.05) is 30.3 Å². The number of quaternary nitrogens is 1. The Labute approximate surface area is 116 Å². The number of nitrogens with zero attached hydrogens (tertiary/aromatic N) is 1. The number of hydrogen-bond donors (Lipinski definition) is 0. The second kappa shape index (κ2) is 5.42. The van der Waals surface area contributed by atoms with Crippen molar-refractivity contribution in [2.75, 3.05) is 13.7 Å². The minimum Gasteiger partial charge on any atom is -0.498 e. The number of benzene rings is 1. The number of Topliss-reactive ketones (excluding diaryl/α,β-unsaturated/α-hetero) is 1. The maximum Gasteiger partial charge on any atom is 0.365 e. The molecule has 20 heavy (non-hydrogen) atoms. The second-order valence-corrected chi connectivity index (χ2v) is 4.88. The first-order valence-corrected chi connectivity index (χ1v) is 6.21. The van der Waals surface area contributed by atoms with Crippen molar-refractivity contribution in [1.82, 2.24) is 0 Å². The average Bonchev–Trinajstić information content (AvgIpc) is 2.77. The molecule has 0 aliphatic carbocycles. The lowest BCUT2D eigenvalue weighted by atomic mass is 10.1. The van der Waals surface area contributed by atoms with Crippen LogP contribution in [0.2, 0.25) is 0 Å². The number of amides is 1. The highest BCUT2D eigenvalue weighted by Gasteiger charge is 2.53. The first-order valence-electron chi connectivity index (χ1n) is 6.21. The topological polar surface area (TPSA) is 83.5 Å². The van der Waals surface area contributed by atoms with E-state index in [1.807, 2.05) is 0 Å². The van der Waals surface area contributed by atoms with Crippen molar-refractivity contribution in [3.63, 3.8) is 0 Å². The van der Waals surface area contributed by atoms with Crippen LogP contribution in [0.25, 0.3) is 0 Å². The van der Waals surface area contributed by atoms with Crippen LogP contribution in [-0.2, 0) is 20.9 Å². The first kappa shape index (κ1) is 14.2. The van der Waals surface area contributed by atoms with Crippen molar-refractivity contribution < 1.29 is 28.7 Å². The van der Waals surface area contributed by atoms with E-state index in [0.29, 0.717) is 0 Å². The molecule has 1 fully saturated rings. The van der Waals surface area contributed by atoms with Crippen molar-refractivity contribution in [2.24, 2.45) is 0 Å². The summed E-state index contributed by atoms with van der Waals surface area (Å²) < 4.78 is 3.90. The molecule has 1 aliphatic heterocycles. The van der Waals surface area contributed by atoms with E-state index in [1.54, 1.807) is 30.3 Å². The Kier molecular flexibility index (Phi) is 3.85. The molecule has 1 aromatic rings. The number of ketones is 1. The Balaban J connectivity index is 2.40. The smallest absolute Gasteiger partial charge is 0.365 e. The number of carbonyl (C=O) groups excluding carboxylic acids is 3. The number of rotatable bonds is 3. The lowest BCUT2D eigenvalue weighted by Gasteiger charge is -2.37. The van der Waals surface area contributed by atoms with E-state index >= 15 is 0 Å². The van der Waals surface area contributed by atoms with Crippen molar-refractivity contribution in [3.8, 4) is 0 Å². The van der Waals surface area contributed by atoms with Gasteiger partial charge < -0.3 is 14.6 Å². The third kappa shape index (κ3) is 2.42. The van der Waals surface area contributed by atoms with Gasteiger partial charge in [-0.25, -0.2) is 4.79 Å². The molecule has 1 aliphatic rings. The number of esters is 1. The maximum atomic E-state index is 11.8. The quantitative estimate of drug-likeness (QED) is 0.567. The standard InChI is InChI=1S/C14H15NO5/c1-20-13(17)12-7-11(16)9-15(12,14(18)19)8-10-5-3-2-4-6-10/h2-6,12H,7-9H2,1H3/t12-,15?/m0/s1. The Bertz CT molecular complexity index is 542. The van der Waals surface area contributed by atoms with E-state index in [1.165, 1.54) is 7.11 Å². The summed E-state index contributed by atoms with van der Waals surface area (Å²) in [5, 5.41) is 11.6. The molecule has 0 N–H and O–H groups in total. The maximum absolute atomic E-state index is 11.8. The van der Waals surface area contributed by atoms with Gasteiger partial charge in [-0.3, -0.25) is 9.28 Å². The number of carbonyl (C=O) groups is 3. The molecule has 0 radical (unpaired) electrons. The molecule has 2 rings (SSSR count). The molecule has 6 heteroatoms. The van der Waals surface area contributed by atoms with Crippen molar-refractivity contribution >= 4 is 17.8 Å². The monoisotopic (exact) mass is 277 g/mol. The molecule has 1 heterocycles. The van der Waals surface area contributed by atoms with Crippen LogP contribution >= 0.6 is 0 Å². The van der Waals surface area contributed by atoms with Gasteiger partial charge in [0.1, 0.15) is 13.1 Å². The predicted molar refractivity (Wildman–Crippen MR) is 66.1 cm³/mol. The largest absolute Gasteiger partial charge is 0.498 e. The van der Waals surface area contributed by atoms with Gasteiger partial charge in [0.25, 0.3) is 6.09 Å². The molecule has 1 saturated heterocycles. The van der Waals surface area contributed by atoms with E-state index in [2.05, 4.69) is 4.74 Å². The van der Waals surface area contributed by atoms with Crippen LogP contribution in [0, 0.1) is 0 Å². The van der Waals surface area contributed by atoms with Gasteiger partial charge in [-0.2, -0.15) is 0 Å². The Morgan fingerprint density at radius 2 is 2.00 bits per heavy atom. The van der Waals surface area contributed by atoms with Crippen molar-refractivity contribution in [1.29, 1.82) is 0 Å². The molecule has 0 saturated carbocycles. The average molecular weight is 277 g/mol. The molecule has 0 bridgehead atoms. The Hall–Kier alpha value is -2.21. The fraction of sp³-hybridized carbons (Fsp3) is 0.357. The summed E-state index contributed by atoms with van der Waals surface area (Å²) in [6.07, 6.45) is -1.57. The van der Waals surface area contributed by atoms with Crippen LogP contribution < -0.4 is 5.11 Å². The normalized spacial score (nSPS) is 25.4. The summed E-state index contributed by atoms with van der Waals surface area (Å²) in [6.45, 7) is -0.230. The predicted octanol–water partition coefficient (Wildman–Crippen LogP) is -0.139. The van der Waals surface area contributed by atoms with Crippen LogP contribution in [0.4, 0.5) is 4.79 Å². The zero-order valence-electron chi connectivity index (χ0n) is 11.1. The summed E-state index contributed by atoms with van der Waals surface area (Å²) in [7, 11) is 1.18. The number of hydrogen-bond acceptors (Lipinski definition) is 5. The van der Waals surface area contributed by atoms with Crippen molar-refractivity contribution in [2.45, 2.75) is 19.0 Å². The Morgan fingerprint density at radius 3 is 2.55 bits per heavy atom. The highest BCUT2D eigenvalue weighted by Crippen LogP contribution is 2.29. The molecule has 0 spiro atoms. The molecular formula is C14H15NO5. The fourth-order valence-electron chi connectivity index (χ4n) is 2.63. The molecule has 1 unspecified atom stereocenters. The minimum absolute atomic E-state index is 0.0225. The lowest BCUT2D eigenvalue weighted by molar-refractivity contribution is -0.889. The van der Waals surface area contributed by atoms with E-state index in [9.17, 15) is 19.5 Å². The third-order valence-corrected chi connectivity index (χ3v) is 3.62. The number of carboxylic acid groups (broad SMARTS) is 1. The number of ether oxygens (including phenoxy) is 1. The zero-order valence-corrected chi connectivity index (χ0v) is 11.1. The fourth-order valence-corrected chi connectivity index (χ4v) is 2.63. The lowest BCUT2D eigenvalue weighted by Crippen LogP contribution is -2.63. The summed E-state index contributed by atoms with van der Waals surface area (Å²) in [5.41, 5.74) is 0.723. The minimum atomic E-state index is -1.44. The van der Waals surface area contributed by atoms with Crippen LogP contribution in [0.1, 0.15) is 12.0 Å². The van der Waals surface area contributed by atoms with E-state index < -0.39 is 22.6 Å². The number of methoxy groups -OCH3 is 1. The molecule has 6 nitrogen and oxygen atoms in total. The van der Waals surface area contributed by atoms with Crippen LogP contribution in [0.3, 0.4) is 0 Å². The summed E-state index contributed by atoms with van der Waals surface area (Å²) in [5.74, 6) is -0.975. The summed E-state index contributed by atoms with van der Waals surface area (Å²) >= 11 is 0. The second-order valence-electron chi connectivity index (χ2n) is 4.88.